The average Bonchev–Trinajstić information content (AvgIpc) is 2.38. The minimum absolute atomic E-state index is 0.0477. The number of ether oxygens (including phenoxy) is 1. The Morgan fingerprint density at radius 3 is 3.00 bits per heavy atom. The van der Waals surface area contributed by atoms with Crippen molar-refractivity contribution in [2.75, 3.05) is 32.1 Å². The summed E-state index contributed by atoms with van der Waals surface area (Å²) in [5.41, 5.74) is 0.789. The number of hydrogen-bond donors (Lipinski definition) is 1. The van der Waals surface area contributed by atoms with Crippen molar-refractivity contribution in [2.24, 2.45) is 0 Å². The maximum absolute atomic E-state index is 11.8. The lowest BCUT2D eigenvalue weighted by Gasteiger charge is -2.18. The summed E-state index contributed by atoms with van der Waals surface area (Å²) >= 11 is 0. The minimum Gasteiger partial charge on any atom is -0.497 e. The zero-order chi connectivity index (χ0) is 12.7. The summed E-state index contributed by atoms with van der Waals surface area (Å²) in [5, 5.41) is 2.86. The molecule has 1 aromatic rings. The van der Waals surface area contributed by atoms with Gasteiger partial charge in [0.2, 0.25) is 5.91 Å². The molecule has 17 heavy (non-hydrogen) atoms. The van der Waals surface area contributed by atoms with E-state index in [0.29, 0.717) is 6.54 Å². The van der Waals surface area contributed by atoms with Gasteiger partial charge in [0.1, 0.15) is 5.75 Å². The van der Waals surface area contributed by atoms with E-state index in [1.54, 1.807) is 25.1 Å². The third kappa shape index (κ3) is 3.82. The van der Waals surface area contributed by atoms with Gasteiger partial charge in [-0.15, -0.1) is 6.42 Å². The third-order valence-electron chi connectivity index (χ3n) is 2.32. The molecule has 0 aliphatic carbocycles. The molecule has 0 radical (unpaired) electrons. The summed E-state index contributed by atoms with van der Waals surface area (Å²) in [6, 6.07) is 7.33. The van der Waals surface area contributed by atoms with Crippen LogP contribution in [0.25, 0.3) is 0 Å². The number of hydrogen-bond acceptors (Lipinski definition) is 3. The van der Waals surface area contributed by atoms with E-state index in [2.05, 4.69) is 11.2 Å². The normalized spacial score (nSPS) is 9.47. The van der Waals surface area contributed by atoms with E-state index in [9.17, 15) is 4.79 Å². The van der Waals surface area contributed by atoms with Gasteiger partial charge >= 0.3 is 0 Å². The Kier molecular flexibility index (Phi) is 5.05. The number of nitrogens with one attached hydrogen (secondary N) is 1. The number of carbonyl (C=O) groups is 1. The molecule has 0 heterocycles. The Morgan fingerprint density at radius 1 is 1.59 bits per heavy atom. The predicted molar refractivity (Wildman–Crippen MR) is 68.1 cm³/mol. The van der Waals surface area contributed by atoms with E-state index in [1.807, 2.05) is 18.2 Å². The molecule has 1 rings (SSSR count). The van der Waals surface area contributed by atoms with Crippen molar-refractivity contribution < 1.29 is 9.53 Å². The van der Waals surface area contributed by atoms with E-state index >= 15 is 0 Å². The van der Waals surface area contributed by atoms with E-state index in [4.69, 9.17) is 11.2 Å². The van der Waals surface area contributed by atoms with Crippen LogP contribution >= 0.6 is 0 Å². The monoisotopic (exact) mass is 232 g/mol. The van der Waals surface area contributed by atoms with Crippen LogP contribution in [0.1, 0.15) is 0 Å². The number of methoxy groups -OCH3 is 1. The second kappa shape index (κ2) is 6.56. The quantitative estimate of drug-likeness (QED) is 0.605. The highest BCUT2D eigenvalue weighted by Crippen LogP contribution is 2.19. The van der Waals surface area contributed by atoms with Crippen LogP contribution in [0.2, 0.25) is 0 Å². The van der Waals surface area contributed by atoms with Gasteiger partial charge in [0.15, 0.2) is 0 Å². The summed E-state index contributed by atoms with van der Waals surface area (Å²) < 4.78 is 5.10. The number of nitrogens with zero attached hydrogens (tertiary/aromatic N) is 1. The number of benzene rings is 1. The molecule has 0 atom stereocenters. The smallest absolute Gasteiger partial charge is 0.240 e. The fourth-order valence-corrected chi connectivity index (χ4v) is 1.32. The second-order valence-electron chi connectivity index (χ2n) is 3.46. The molecule has 90 valence electrons. The van der Waals surface area contributed by atoms with Crippen molar-refractivity contribution in [1.82, 2.24) is 5.32 Å². The van der Waals surface area contributed by atoms with Gasteiger partial charge in [-0.1, -0.05) is 12.0 Å². The van der Waals surface area contributed by atoms with Gasteiger partial charge in [0.05, 0.1) is 20.2 Å². The molecule has 1 aromatic carbocycles. The van der Waals surface area contributed by atoms with Gasteiger partial charge in [0, 0.05) is 18.8 Å². The summed E-state index contributed by atoms with van der Waals surface area (Å²) in [6.45, 7) is 0.607. The lowest BCUT2D eigenvalue weighted by atomic mass is 10.2. The Morgan fingerprint density at radius 2 is 2.35 bits per heavy atom. The minimum atomic E-state index is -0.0477. The summed E-state index contributed by atoms with van der Waals surface area (Å²) in [7, 11) is 3.31. The Labute approximate surface area is 102 Å². The number of rotatable bonds is 5. The van der Waals surface area contributed by atoms with Crippen molar-refractivity contribution in [3.8, 4) is 18.1 Å². The number of terminal acetylenes is 1. The number of anilines is 1. The van der Waals surface area contributed by atoms with Crippen LogP contribution < -0.4 is 15.0 Å². The fraction of sp³-hybridized carbons (Fsp3) is 0.308. The fourth-order valence-electron chi connectivity index (χ4n) is 1.32. The highest BCUT2D eigenvalue weighted by molar-refractivity contribution is 5.94. The van der Waals surface area contributed by atoms with Crippen molar-refractivity contribution in [2.45, 2.75) is 0 Å². The zero-order valence-corrected chi connectivity index (χ0v) is 10.1. The van der Waals surface area contributed by atoms with Gasteiger partial charge in [0.25, 0.3) is 0 Å². The number of likely N-dealkylation sites (N-methyl/N-ethyl adjacent to an activating group) is 1. The molecule has 0 fully saturated rings. The molecular weight excluding hydrogens is 216 g/mol. The Hall–Kier alpha value is -1.99. The first kappa shape index (κ1) is 13.1. The van der Waals surface area contributed by atoms with Crippen LogP contribution in [0.4, 0.5) is 5.69 Å². The topological polar surface area (TPSA) is 41.6 Å². The van der Waals surface area contributed by atoms with Crippen LogP contribution in [0, 0.1) is 12.3 Å². The molecule has 4 heteroatoms. The van der Waals surface area contributed by atoms with Crippen LogP contribution in [0.15, 0.2) is 24.3 Å². The molecule has 0 unspecified atom stereocenters. The zero-order valence-electron chi connectivity index (χ0n) is 10.1. The van der Waals surface area contributed by atoms with Crippen LogP contribution in [0.5, 0.6) is 5.75 Å². The summed E-state index contributed by atoms with van der Waals surface area (Å²) in [5.74, 6) is 3.09. The largest absolute Gasteiger partial charge is 0.497 e. The maximum Gasteiger partial charge on any atom is 0.240 e. The van der Waals surface area contributed by atoms with Crippen LogP contribution in [-0.4, -0.2) is 33.2 Å². The molecule has 1 N–H and O–H groups in total. The van der Waals surface area contributed by atoms with Crippen molar-refractivity contribution in [1.29, 1.82) is 0 Å². The second-order valence-corrected chi connectivity index (χ2v) is 3.46. The molecule has 0 saturated carbocycles. The highest BCUT2D eigenvalue weighted by Gasteiger charge is 2.10. The summed E-state index contributed by atoms with van der Waals surface area (Å²) in [6.07, 6.45) is 5.09. The lowest BCUT2D eigenvalue weighted by Crippen LogP contribution is -2.35. The van der Waals surface area contributed by atoms with E-state index < -0.39 is 0 Å². The number of carbonyl (C=O) groups excluding carboxylic acids is 1. The molecule has 0 bridgehead atoms. The average molecular weight is 232 g/mol. The van der Waals surface area contributed by atoms with Crippen LogP contribution in [-0.2, 0) is 4.79 Å². The molecule has 4 nitrogen and oxygen atoms in total. The molecular formula is C13H16N2O2. The predicted octanol–water partition coefficient (Wildman–Crippen LogP) is 0.881. The van der Waals surface area contributed by atoms with Crippen molar-refractivity contribution in [3.05, 3.63) is 24.3 Å². The van der Waals surface area contributed by atoms with Gasteiger partial charge in [-0.05, 0) is 12.1 Å². The first-order valence-corrected chi connectivity index (χ1v) is 5.24. The van der Waals surface area contributed by atoms with E-state index in [0.717, 1.165) is 11.4 Å². The molecule has 1 amide bonds. The van der Waals surface area contributed by atoms with Gasteiger partial charge in [-0.25, -0.2) is 0 Å². The molecule has 0 aromatic heterocycles. The maximum atomic E-state index is 11.8. The molecule has 0 spiro atoms. The first-order chi connectivity index (χ1) is 8.19. The number of amides is 1. The van der Waals surface area contributed by atoms with Gasteiger partial charge in [-0.3, -0.25) is 10.1 Å². The molecule has 0 aliphatic heterocycles. The summed E-state index contributed by atoms with van der Waals surface area (Å²) in [4.78, 5) is 13.3. The SMILES string of the molecule is C#CCNCC(=O)N(C)c1cccc(OC)c1. The van der Waals surface area contributed by atoms with Crippen molar-refractivity contribution >= 4 is 11.6 Å². The third-order valence-corrected chi connectivity index (χ3v) is 2.32. The van der Waals surface area contributed by atoms with Crippen LogP contribution in [0.3, 0.4) is 0 Å². The van der Waals surface area contributed by atoms with Crippen molar-refractivity contribution in [3.63, 3.8) is 0 Å². The van der Waals surface area contributed by atoms with E-state index in [1.165, 1.54) is 0 Å². The van der Waals surface area contributed by atoms with E-state index in [-0.39, 0.29) is 12.5 Å². The molecule has 0 saturated heterocycles. The lowest BCUT2D eigenvalue weighted by molar-refractivity contribution is -0.117. The first-order valence-electron chi connectivity index (χ1n) is 5.24. The molecule has 0 aliphatic rings. The Bertz CT molecular complexity index is 424. The van der Waals surface area contributed by atoms with Gasteiger partial charge in [-0.2, -0.15) is 0 Å². The standard InChI is InChI=1S/C13H16N2O2/c1-4-8-14-10-13(16)15(2)11-6-5-7-12(9-11)17-3/h1,5-7,9,14H,8,10H2,2-3H3. The van der Waals surface area contributed by atoms with Gasteiger partial charge < -0.3 is 9.64 Å². The Balaban J connectivity index is 2.64. The highest BCUT2D eigenvalue weighted by atomic mass is 16.5.